The molecule has 2 rings (SSSR count). The number of phenols is 1. The predicted octanol–water partition coefficient (Wildman–Crippen LogP) is 2.88. The van der Waals surface area contributed by atoms with Crippen molar-refractivity contribution in [2.24, 2.45) is 0 Å². The van der Waals surface area contributed by atoms with E-state index in [1.807, 2.05) is 12.1 Å². The smallest absolute Gasteiger partial charge is 0.176 e. The zero-order chi connectivity index (χ0) is 11.4. The van der Waals surface area contributed by atoms with E-state index in [9.17, 15) is 9.50 Å². The first-order chi connectivity index (χ1) is 7.75. The third kappa shape index (κ3) is 2.81. The molecule has 0 amide bonds. The number of benzene rings is 1. The lowest BCUT2D eigenvalue weighted by atomic mass is 10.2. The van der Waals surface area contributed by atoms with Crippen LogP contribution in [0.4, 0.5) is 4.39 Å². The Kier molecular flexibility index (Phi) is 3.54. The highest BCUT2D eigenvalue weighted by Gasteiger charge is 2.01. The lowest BCUT2D eigenvalue weighted by Crippen LogP contribution is -2.11. The summed E-state index contributed by atoms with van der Waals surface area (Å²) in [5.41, 5.74) is 0.847. The molecule has 2 nitrogen and oxygen atoms in total. The maximum absolute atomic E-state index is 12.7. The van der Waals surface area contributed by atoms with E-state index >= 15 is 0 Å². The summed E-state index contributed by atoms with van der Waals surface area (Å²) in [6.45, 7) is 1.19. The van der Waals surface area contributed by atoms with E-state index in [-0.39, 0.29) is 10.9 Å². The molecule has 0 aliphatic rings. The van der Waals surface area contributed by atoms with Crippen LogP contribution in [0.15, 0.2) is 36.4 Å². The van der Waals surface area contributed by atoms with Crippen molar-refractivity contribution in [3.8, 4) is 5.75 Å². The lowest BCUT2D eigenvalue weighted by molar-refractivity contribution is 0.464. The van der Waals surface area contributed by atoms with Crippen molar-refractivity contribution in [1.82, 2.24) is 5.32 Å². The number of nitrogens with one attached hydrogen (secondary N) is 1. The molecule has 0 bridgehead atoms. The van der Waals surface area contributed by atoms with Crippen LogP contribution in [0, 0.1) is 5.13 Å². The van der Waals surface area contributed by atoms with Gasteiger partial charge in [-0.1, -0.05) is 18.2 Å². The number of aromatic hydroxyl groups is 1. The molecule has 1 heterocycles. The molecule has 0 unspecified atom stereocenters. The van der Waals surface area contributed by atoms with Gasteiger partial charge >= 0.3 is 0 Å². The topological polar surface area (TPSA) is 32.3 Å². The van der Waals surface area contributed by atoms with Gasteiger partial charge in [0.15, 0.2) is 5.13 Å². The molecule has 1 aromatic heterocycles. The van der Waals surface area contributed by atoms with Crippen LogP contribution in [0.25, 0.3) is 0 Å². The number of phenolic OH excluding ortho intramolecular Hbond substituents is 1. The van der Waals surface area contributed by atoms with E-state index in [0.29, 0.717) is 13.1 Å². The normalized spacial score (nSPS) is 10.6. The van der Waals surface area contributed by atoms with Gasteiger partial charge in [0.2, 0.25) is 0 Å². The highest BCUT2D eigenvalue weighted by Crippen LogP contribution is 2.16. The van der Waals surface area contributed by atoms with Crippen molar-refractivity contribution in [2.75, 3.05) is 0 Å². The number of hydrogen-bond acceptors (Lipinski definition) is 3. The monoisotopic (exact) mass is 237 g/mol. The second-order valence-corrected chi connectivity index (χ2v) is 4.56. The van der Waals surface area contributed by atoms with Crippen LogP contribution in [-0.4, -0.2) is 5.11 Å². The SMILES string of the molecule is Oc1ccccc1CNCc1ccc(F)s1. The fourth-order valence-corrected chi connectivity index (χ4v) is 2.12. The fraction of sp³-hybridized carbons (Fsp3) is 0.167. The zero-order valence-electron chi connectivity index (χ0n) is 8.61. The van der Waals surface area contributed by atoms with E-state index in [1.54, 1.807) is 18.2 Å². The van der Waals surface area contributed by atoms with E-state index < -0.39 is 0 Å². The van der Waals surface area contributed by atoms with Crippen molar-refractivity contribution in [3.05, 3.63) is 52.0 Å². The van der Waals surface area contributed by atoms with Gasteiger partial charge in [-0.25, -0.2) is 0 Å². The highest BCUT2D eigenvalue weighted by molar-refractivity contribution is 7.10. The van der Waals surface area contributed by atoms with Crippen molar-refractivity contribution < 1.29 is 9.50 Å². The summed E-state index contributed by atoms with van der Waals surface area (Å²) in [6, 6.07) is 10.4. The van der Waals surface area contributed by atoms with Gasteiger partial charge in [-0.2, -0.15) is 4.39 Å². The first-order valence-electron chi connectivity index (χ1n) is 4.97. The van der Waals surface area contributed by atoms with Crippen LogP contribution >= 0.6 is 11.3 Å². The third-order valence-electron chi connectivity index (χ3n) is 2.24. The third-order valence-corrected chi connectivity index (χ3v) is 3.11. The van der Waals surface area contributed by atoms with E-state index in [4.69, 9.17) is 0 Å². The summed E-state index contributed by atoms with van der Waals surface area (Å²) in [4.78, 5) is 0.952. The molecule has 4 heteroatoms. The molecule has 0 atom stereocenters. The average molecular weight is 237 g/mol. The largest absolute Gasteiger partial charge is 0.508 e. The van der Waals surface area contributed by atoms with E-state index in [2.05, 4.69) is 5.32 Å². The van der Waals surface area contributed by atoms with Gasteiger partial charge in [-0.3, -0.25) is 0 Å². The van der Waals surface area contributed by atoms with Crippen LogP contribution in [0.2, 0.25) is 0 Å². The summed E-state index contributed by atoms with van der Waals surface area (Å²) in [7, 11) is 0. The van der Waals surface area contributed by atoms with Gasteiger partial charge in [-0.15, -0.1) is 11.3 Å². The summed E-state index contributed by atoms with van der Waals surface area (Å²) in [6.07, 6.45) is 0. The van der Waals surface area contributed by atoms with Gasteiger partial charge in [0, 0.05) is 23.5 Å². The first kappa shape index (κ1) is 11.1. The van der Waals surface area contributed by atoms with Gasteiger partial charge in [0.25, 0.3) is 0 Å². The Morgan fingerprint density at radius 3 is 2.62 bits per heavy atom. The van der Waals surface area contributed by atoms with Crippen molar-refractivity contribution in [2.45, 2.75) is 13.1 Å². The van der Waals surface area contributed by atoms with E-state index in [1.165, 1.54) is 6.07 Å². The van der Waals surface area contributed by atoms with Crippen LogP contribution < -0.4 is 5.32 Å². The molecule has 0 fully saturated rings. The molecule has 0 spiro atoms. The Balaban J connectivity index is 1.87. The molecule has 0 aliphatic heterocycles. The second kappa shape index (κ2) is 5.09. The molecule has 16 heavy (non-hydrogen) atoms. The van der Waals surface area contributed by atoms with Crippen molar-refractivity contribution >= 4 is 11.3 Å². The zero-order valence-corrected chi connectivity index (χ0v) is 9.43. The molecule has 0 saturated heterocycles. The Labute approximate surface area is 97.4 Å². The minimum absolute atomic E-state index is 0.167. The molecule has 0 radical (unpaired) electrons. The van der Waals surface area contributed by atoms with Gasteiger partial charge < -0.3 is 10.4 Å². The van der Waals surface area contributed by atoms with Gasteiger partial charge in [0.1, 0.15) is 5.75 Å². The number of rotatable bonds is 4. The van der Waals surface area contributed by atoms with E-state index in [0.717, 1.165) is 21.8 Å². The Bertz CT molecular complexity index is 470. The number of hydrogen-bond donors (Lipinski definition) is 2. The second-order valence-electron chi connectivity index (χ2n) is 3.44. The Morgan fingerprint density at radius 1 is 1.12 bits per heavy atom. The predicted molar refractivity (Wildman–Crippen MR) is 62.9 cm³/mol. The first-order valence-corrected chi connectivity index (χ1v) is 5.79. The molecule has 0 aliphatic carbocycles. The average Bonchev–Trinajstić information content (AvgIpc) is 2.67. The molecule has 1 aromatic carbocycles. The quantitative estimate of drug-likeness (QED) is 0.857. The molecule has 0 saturated carbocycles. The van der Waals surface area contributed by atoms with Gasteiger partial charge in [0.05, 0.1) is 0 Å². The highest BCUT2D eigenvalue weighted by atomic mass is 32.1. The molecule has 2 aromatic rings. The number of halogens is 1. The van der Waals surface area contributed by atoms with Crippen LogP contribution in [0.1, 0.15) is 10.4 Å². The van der Waals surface area contributed by atoms with Crippen LogP contribution in [0.5, 0.6) is 5.75 Å². The van der Waals surface area contributed by atoms with Crippen molar-refractivity contribution in [3.63, 3.8) is 0 Å². The summed E-state index contributed by atoms with van der Waals surface area (Å²) >= 11 is 1.14. The minimum Gasteiger partial charge on any atom is -0.508 e. The maximum Gasteiger partial charge on any atom is 0.176 e. The summed E-state index contributed by atoms with van der Waals surface area (Å²) in [5, 5.41) is 12.5. The molecular formula is C12H12FNOS. The Hall–Kier alpha value is -1.39. The standard InChI is InChI=1S/C12H12FNOS/c13-12-6-5-10(16-12)8-14-7-9-3-1-2-4-11(9)15/h1-6,14-15H,7-8H2. The minimum atomic E-state index is -0.167. The molecule has 2 N–H and O–H groups in total. The summed E-state index contributed by atoms with van der Waals surface area (Å²) in [5.74, 6) is 0.285. The fourth-order valence-electron chi connectivity index (χ4n) is 1.43. The van der Waals surface area contributed by atoms with Crippen molar-refractivity contribution in [1.29, 1.82) is 0 Å². The molecule has 84 valence electrons. The molecular weight excluding hydrogens is 225 g/mol. The maximum atomic E-state index is 12.7. The Morgan fingerprint density at radius 2 is 1.94 bits per heavy atom. The number of para-hydroxylation sites is 1. The number of thiophene rings is 1. The van der Waals surface area contributed by atoms with Gasteiger partial charge in [-0.05, 0) is 18.2 Å². The van der Waals surface area contributed by atoms with Crippen LogP contribution in [-0.2, 0) is 13.1 Å². The lowest BCUT2D eigenvalue weighted by Gasteiger charge is -2.05. The summed E-state index contributed by atoms with van der Waals surface area (Å²) < 4.78 is 12.7. The van der Waals surface area contributed by atoms with Crippen LogP contribution in [0.3, 0.4) is 0 Å².